The molecule has 2 aromatic heterocycles. The van der Waals surface area contributed by atoms with E-state index < -0.39 is 0 Å². The predicted molar refractivity (Wildman–Crippen MR) is 135 cm³/mol. The molecule has 4 aromatic rings. The maximum Gasteiger partial charge on any atom is 0.275 e. The van der Waals surface area contributed by atoms with Crippen molar-refractivity contribution in [3.63, 3.8) is 0 Å². The van der Waals surface area contributed by atoms with Gasteiger partial charge in [0.2, 0.25) is 5.13 Å². The average molecular weight is 459 g/mol. The molecule has 1 amide bonds. The molecule has 1 aliphatic rings. The van der Waals surface area contributed by atoms with Crippen LogP contribution in [0.2, 0.25) is 0 Å². The number of aryl methyl sites for hydroxylation is 2. The Balaban J connectivity index is 1.66. The van der Waals surface area contributed by atoms with Crippen LogP contribution in [0.15, 0.2) is 42.5 Å². The average Bonchev–Trinajstić information content (AvgIpc) is 3.41. The summed E-state index contributed by atoms with van der Waals surface area (Å²) >= 11 is 1.67. The van der Waals surface area contributed by atoms with Gasteiger partial charge in [-0.05, 0) is 57.2 Å². The lowest BCUT2D eigenvalue weighted by Crippen LogP contribution is -2.36. The van der Waals surface area contributed by atoms with E-state index in [1.165, 1.54) is 16.9 Å². The van der Waals surface area contributed by atoms with E-state index in [2.05, 4.69) is 70.2 Å². The highest BCUT2D eigenvalue weighted by Gasteiger charge is 2.26. The van der Waals surface area contributed by atoms with Gasteiger partial charge >= 0.3 is 0 Å². The van der Waals surface area contributed by atoms with Crippen LogP contribution in [0.5, 0.6) is 0 Å². The zero-order valence-corrected chi connectivity index (χ0v) is 20.6. The summed E-state index contributed by atoms with van der Waals surface area (Å²) in [6, 6.07) is 14.7. The Bertz CT molecular complexity index is 1330. The van der Waals surface area contributed by atoms with Crippen molar-refractivity contribution >= 4 is 28.1 Å². The van der Waals surface area contributed by atoms with Gasteiger partial charge in [-0.15, -0.1) is 0 Å². The first-order valence-electron chi connectivity index (χ1n) is 11.8. The molecule has 0 bridgehead atoms. The molecule has 0 radical (unpaired) electrons. The molecular weight excluding hydrogens is 428 g/mol. The molecule has 2 aromatic carbocycles. The van der Waals surface area contributed by atoms with E-state index in [9.17, 15) is 4.79 Å². The molecule has 6 heteroatoms. The number of carbonyl (C=O) groups excluding carboxylic acids is 1. The molecule has 170 valence electrons. The van der Waals surface area contributed by atoms with Crippen LogP contribution in [0.25, 0.3) is 27.3 Å². The summed E-state index contributed by atoms with van der Waals surface area (Å²) in [5.41, 5.74) is 5.93. The van der Waals surface area contributed by atoms with Gasteiger partial charge in [-0.1, -0.05) is 60.6 Å². The van der Waals surface area contributed by atoms with Gasteiger partial charge in [0.05, 0.1) is 11.2 Å². The minimum absolute atomic E-state index is 0.0311. The lowest BCUT2D eigenvalue weighted by atomic mass is 10.0. The molecule has 0 spiro atoms. The van der Waals surface area contributed by atoms with Crippen LogP contribution in [0, 0.1) is 13.8 Å². The number of piperidine rings is 1. The van der Waals surface area contributed by atoms with Gasteiger partial charge in [-0.3, -0.25) is 4.79 Å². The number of amides is 1. The molecular formula is C27H30N4OS. The van der Waals surface area contributed by atoms with Crippen LogP contribution in [-0.2, 0) is 0 Å². The third-order valence-electron chi connectivity index (χ3n) is 6.32. The van der Waals surface area contributed by atoms with Gasteiger partial charge in [0.15, 0.2) is 5.69 Å². The van der Waals surface area contributed by atoms with E-state index in [0.29, 0.717) is 11.6 Å². The lowest BCUT2D eigenvalue weighted by Gasteiger charge is -2.25. The van der Waals surface area contributed by atoms with Gasteiger partial charge in [0, 0.05) is 28.9 Å². The first-order valence-corrected chi connectivity index (χ1v) is 12.6. The van der Waals surface area contributed by atoms with Crippen LogP contribution in [-0.4, -0.2) is 38.7 Å². The van der Waals surface area contributed by atoms with Gasteiger partial charge in [-0.25, -0.2) is 9.67 Å². The molecule has 0 saturated carbocycles. The van der Waals surface area contributed by atoms with Crippen molar-refractivity contribution in [2.24, 2.45) is 0 Å². The Morgan fingerprint density at radius 2 is 1.76 bits per heavy atom. The highest BCUT2D eigenvalue weighted by atomic mass is 32.1. The van der Waals surface area contributed by atoms with Crippen molar-refractivity contribution in [1.82, 2.24) is 19.7 Å². The summed E-state index contributed by atoms with van der Waals surface area (Å²) in [6.07, 6.45) is 3.32. The van der Waals surface area contributed by atoms with Crippen LogP contribution < -0.4 is 0 Å². The molecule has 5 nitrogen and oxygen atoms in total. The van der Waals surface area contributed by atoms with Crippen LogP contribution in [0.4, 0.5) is 0 Å². The third-order valence-corrected chi connectivity index (χ3v) is 7.65. The summed E-state index contributed by atoms with van der Waals surface area (Å²) in [7, 11) is 0. The number of likely N-dealkylation sites (tertiary alicyclic amines) is 1. The van der Waals surface area contributed by atoms with Crippen LogP contribution in [0.3, 0.4) is 0 Å². The Kier molecular flexibility index (Phi) is 5.79. The van der Waals surface area contributed by atoms with Gasteiger partial charge < -0.3 is 4.90 Å². The summed E-state index contributed by atoms with van der Waals surface area (Å²) in [6.45, 7) is 10.2. The monoisotopic (exact) mass is 458 g/mol. The highest BCUT2D eigenvalue weighted by molar-refractivity contribution is 7.14. The number of carbonyl (C=O) groups is 1. The second kappa shape index (κ2) is 8.75. The number of hydrogen-bond acceptors (Lipinski definition) is 4. The summed E-state index contributed by atoms with van der Waals surface area (Å²) in [5.74, 6) is 0.369. The number of rotatable bonds is 4. The maximum absolute atomic E-state index is 13.4. The van der Waals surface area contributed by atoms with E-state index in [0.717, 1.165) is 58.8 Å². The second-order valence-electron chi connectivity index (χ2n) is 9.37. The Hall–Kier alpha value is -2.99. The quantitative estimate of drug-likeness (QED) is 0.350. The molecule has 3 heterocycles. The van der Waals surface area contributed by atoms with Crippen molar-refractivity contribution < 1.29 is 4.79 Å². The third kappa shape index (κ3) is 4.08. The first kappa shape index (κ1) is 21.8. The summed E-state index contributed by atoms with van der Waals surface area (Å²) < 4.78 is 1.88. The van der Waals surface area contributed by atoms with Crippen molar-refractivity contribution in [2.75, 3.05) is 13.1 Å². The highest BCUT2D eigenvalue weighted by Crippen LogP contribution is 2.37. The van der Waals surface area contributed by atoms with E-state index >= 15 is 0 Å². The standard InChI is InChI=1S/C27H30N4OS/c1-17(2)25-23(20-10-8-9-18(3)15-20)28-27(33-25)31-22-12-11-19(4)16-21(22)24(29-31)26(32)30-13-6-5-7-14-30/h8-12,15-17H,5-7,13-14H2,1-4H3. The fraction of sp³-hybridized carbons (Fsp3) is 0.370. The Labute approximate surface area is 199 Å². The summed E-state index contributed by atoms with van der Waals surface area (Å²) in [5, 5.41) is 6.59. The topological polar surface area (TPSA) is 51.0 Å². The maximum atomic E-state index is 13.4. The number of benzene rings is 2. The van der Waals surface area contributed by atoms with E-state index in [-0.39, 0.29) is 5.91 Å². The molecule has 1 fully saturated rings. The van der Waals surface area contributed by atoms with Crippen molar-refractivity contribution in [3.8, 4) is 16.4 Å². The lowest BCUT2D eigenvalue weighted by molar-refractivity contribution is 0.0720. The number of nitrogens with zero attached hydrogens (tertiary/aromatic N) is 4. The first-order chi connectivity index (χ1) is 15.9. The molecule has 0 N–H and O–H groups in total. The van der Waals surface area contributed by atoms with Crippen LogP contribution >= 0.6 is 11.3 Å². The largest absolute Gasteiger partial charge is 0.337 e. The zero-order chi connectivity index (χ0) is 23.1. The fourth-order valence-electron chi connectivity index (χ4n) is 4.58. The van der Waals surface area contributed by atoms with Crippen molar-refractivity contribution in [2.45, 2.75) is 52.9 Å². The van der Waals surface area contributed by atoms with Gasteiger partial charge in [0.1, 0.15) is 0 Å². The molecule has 5 rings (SSSR count). The van der Waals surface area contributed by atoms with E-state index in [1.54, 1.807) is 11.3 Å². The zero-order valence-electron chi connectivity index (χ0n) is 19.8. The number of fused-ring (bicyclic) bond motifs is 1. The number of hydrogen-bond donors (Lipinski definition) is 0. The predicted octanol–water partition coefficient (Wildman–Crippen LogP) is 6.52. The normalized spacial score (nSPS) is 14.4. The van der Waals surface area contributed by atoms with Crippen molar-refractivity contribution in [1.29, 1.82) is 0 Å². The second-order valence-corrected chi connectivity index (χ2v) is 10.4. The Morgan fingerprint density at radius 1 is 1.00 bits per heavy atom. The van der Waals surface area contributed by atoms with Crippen molar-refractivity contribution in [3.05, 3.63) is 64.2 Å². The molecule has 33 heavy (non-hydrogen) atoms. The molecule has 1 saturated heterocycles. The molecule has 1 aliphatic heterocycles. The smallest absolute Gasteiger partial charge is 0.275 e. The fourth-order valence-corrected chi connectivity index (χ4v) is 5.64. The SMILES string of the molecule is Cc1cccc(-c2nc(-n3nc(C(=O)N4CCCCC4)c4cc(C)ccc43)sc2C(C)C)c1. The molecule has 0 atom stereocenters. The molecule has 0 unspecified atom stereocenters. The minimum atomic E-state index is 0.0311. The van der Waals surface area contributed by atoms with E-state index in [1.807, 2.05) is 9.58 Å². The van der Waals surface area contributed by atoms with E-state index in [4.69, 9.17) is 10.1 Å². The van der Waals surface area contributed by atoms with Gasteiger partial charge in [-0.2, -0.15) is 5.10 Å². The minimum Gasteiger partial charge on any atom is -0.337 e. The number of thiazole rings is 1. The van der Waals surface area contributed by atoms with Crippen LogP contribution in [0.1, 0.15) is 65.5 Å². The number of aromatic nitrogens is 3. The Morgan fingerprint density at radius 3 is 2.48 bits per heavy atom. The molecule has 0 aliphatic carbocycles. The van der Waals surface area contributed by atoms with Gasteiger partial charge in [0.25, 0.3) is 5.91 Å². The summed E-state index contributed by atoms with van der Waals surface area (Å²) in [4.78, 5) is 21.7.